The molecule has 1 atom stereocenters. The molecule has 2 aromatic carbocycles. The molecule has 0 saturated carbocycles. The zero-order valence-corrected chi connectivity index (χ0v) is 13.6. The first-order valence-electron chi connectivity index (χ1n) is 7.76. The van der Waals surface area contributed by atoms with E-state index >= 15 is 0 Å². The Morgan fingerprint density at radius 3 is 2.72 bits per heavy atom. The summed E-state index contributed by atoms with van der Waals surface area (Å²) in [7, 11) is 0. The molecule has 1 unspecified atom stereocenters. The van der Waals surface area contributed by atoms with Gasteiger partial charge in [-0.25, -0.2) is 4.79 Å². The highest BCUT2D eigenvalue weighted by Gasteiger charge is 2.56. The predicted octanol–water partition coefficient (Wildman–Crippen LogP) is 2.84. The number of para-hydroxylation sites is 1. The van der Waals surface area contributed by atoms with Gasteiger partial charge in [0.25, 0.3) is 5.91 Å². The molecule has 1 spiro atoms. The van der Waals surface area contributed by atoms with Crippen molar-refractivity contribution in [1.29, 1.82) is 0 Å². The van der Waals surface area contributed by atoms with Crippen molar-refractivity contribution < 1.29 is 14.3 Å². The molecule has 3 aliphatic heterocycles. The standard InChI is InChI=1S/C18H12ClN3O3/c19-9-5-6-12-13(7-9)20-14-8-25-16(23)15(14)18(22-12)10-3-1-2-4-11(10)21-17(18)24/h1-7,20,22H,8H2,(H,21,24). The maximum atomic E-state index is 13.1. The molecule has 0 aromatic heterocycles. The van der Waals surface area contributed by atoms with E-state index in [-0.39, 0.29) is 18.1 Å². The highest BCUT2D eigenvalue weighted by Crippen LogP contribution is 2.49. The summed E-state index contributed by atoms with van der Waals surface area (Å²) in [6, 6.07) is 12.6. The lowest BCUT2D eigenvalue weighted by Gasteiger charge is -2.29. The lowest BCUT2D eigenvalue weighted by atomic mass is 9.82. The highest BCUT2D eigenvalue weighted by atomic mass is 35.5. The summed E-state index contributed by atoms with van der Waals surface area (Å²) < 4.78 is 5.22. The van der Waals surface area contributed by atoms with Crippen molar-refractivity contribution in [1.82, 2.24) is 0 Å². The van der Waals surface area contributed by atoms with Gasteiger partial charge in [-0.3, -0.25) is 4.79 Å². The Bertz CT molecular complexity index is 1000. The van der Waals surface area contributed by atoms with Gasteiger partial charge in [-0.15, -0.1) is 0 Å². The smallest absolute Gasteiger partial charge is 0.339 e. The fraction of sp³-hybridized carbons (Fsp3) is 0.111. The molecule has 0 bridgehead atoms. The SMILES string of the molecule is O=C1OCC2=C1C1(Nc3ccc(Cl)cc3N2)C(=O)Nc2ccccc21. The quantitative estimate of drug-likeness (QED) is 0.635. The summed E-state index contributed by atoms with van der Waals surface area (Å²) in [6.45, 7) is 0.0823. The molecule has 6 nitrogen and oxygen atoms in total. The third kappa shape index (κ3) is 1.80. The lowest BCUT2D eigenvalue weighted by Crippen LogP contribution is -2.45. The first-order chi connectivity index (χ1) is 12.1. The van der Waals surface area contributed by atoms with E-state index in [0.717, 1.165) is 0 Å². The van der Waals surface area contributed by atoms with Gasteiger partial charge < -0.3 is 20.7 Å². The number of benzene rings is 2. The Morgan fingerprint density at radius 1 is 1.00 bits per heavy atom. The Hall–Kier alpha value is -2.99. The Morgan fingerprint density at radius 2 is 1.84 bits per heavy atom. The van der Waals surface area contributed by atoms with Crippen molar-refractivity contribution in [3.8, 4) is 0 Å². The molecule has 5 rings (SSSR count). The monoisotopic (exact) mass is 353 g/mol. The average Bonchev–Trinajstić information content (AvgIpc) is 3.03. The van der Waals surface area contributed by atoms with Crippen LogP contribution in [-0.2, 0) is 19.9 Å². The molecule has 3 N–H and O–H groups in total. The number of hydrogen-bond donors (Lipinski definition) is 3. The average molecular weight is 354 g/mol. The van der Waals surface area contributed by atoms with Crippen LogP contribution in [0.2, 0.25) is 5.02 Å². The largest absolute Gasteiger partial charge is 0.456 e. The normalized spacial score (nSPS) is 23.1. The van der Waals surface area contributed by atoms with E-state index in [2.05, 4.69) is 16.0 Å². The van der Waals surface area contributed by atoms with Crippen LogP contribution in [0.1, 0.15) is 5.56 Å². The topological polar surface area (TPSA) is 79.5 Å². The van der Waals surface area contributed by atoms with E-state index in [1.807, 2.05) is 24.3 Å². The van der Waals surface area contributed by atoms with Gasteiger partial charge in [0.15, 0.2) is 5.54 Å². The minimum absolute atomic E-state index is 0.0823. The summed E-state index contributed by atoms with van der Waals surface area (Å²) in [4.78, 5) is 25.6. The molecule has 7 heteroatoms. The third-order valence-electron chi connectivity index (χ3n) is 4.74. The Kier molecular flexibility index (Phi) is 2.74. The molecule has 0 saturated heterocycles. The molecule has 1 amide bonds. The van der Waals surface area contributed by atoms with Crippen LogP contribution in [0.25, 0.3) is 0 Å². The number of carbonyl (C=O) groups excluding carboxylic acids is 2. The van der Waals surface area contributed by atoms with E-state index in [1.54, 1.807) is 18.2 Å². The zero-order valence-electron chi connectivity index (χ0n) is 12.9. The third-order valence-corrected chi connectivity index (χ3v) is 4.97. The van der Waals surface area contributed by atoms with Crippen LogP contribution in [0.15, 0.2) is 53.7 Å². The summed E-state index contributed by atoms with van der Waals surface area (Å²) in [6.07, 6.45) is 0. The maximum absolute atomic E-state index is 13.1. The molecule has 0 radical (unpaired) electrons. The van der Waals surface area contributed by atoms with Crippen LogP contribution in [0.5, 0.6) is 0 Å². The molecular formula is C18H12ClN3O3. The van der Waals surface area contributed by atoms with E-state index in [1.165, 1.54) is 0 Å². The first-order valence-corrected chi connectivity index (χ1v) is 8.14. The molecule has 0 aliphatic carbocycles. The number of cyclic esters (lactones) is 1. The van der Waals surface area contributed by atoms with Crippen LogP contribution in [0, 0.1) is 0 Å². The Balaban J connectivity index is 1.83. The van der Waals surface area contributed by atoms with Crippen molar-refractivity contribution in [3.05, 3.63) is 64.3 Å². The number of halogens is 1. The van der Waals surface area contributed by atoms with Crippen LogP contribution in [0.3, 0.4) is 0 Å². The van der Waals surface area contributed by atoms with E-state index in [9.17, 15) is 9.59 Å². The van der Waals surface area contributed by atoms with Gasteiger partial charge in [0.1, 0.15) is 6.61 Å². The van der Waals surface area contributed by atoms with E-state index < -0.39 is 11.5 Å². The molecule has 2 aromatic rings. The Labute approximate surface area is 147 Å². The van der Waals surface area contributed by atoms with Crippen molar-refractivity contribution in [3.63, 3.8) is 0 Å². The number of rotatable bonds is 0. The van der Waals surface area contributed by atoms with Crippen LogP contribution >= 0.6 is 11.6 Å². The second kappa shape index (κ2) is 4.77. The number of fused-ring (bicyclic) bond motifs is 4. The maximum Gasteiger partial charge on any atom is 0.339 e. The summed E-state index contributed by atoms with van der Waals surface area (Å²) in [5, 5.41) is 9.89. The first kappa shape index (κ1) is 14.4. The van der Waals surface area contributed by atoms with E-state index in [0.29, 0.717) is 33.3 Å². The summed E-state index contributed by atoms with van der Waals surface area (Å²) >= 11 is 6.10. The zero-order chi connectivity index (χ0) is 17.2. The van der Waals surface area contributed by atoms with Crippen LogP contribution in [-0.4, -0.2) is 18.5 Å². The predicted molar refractivity (Wildman–Crippen MR) is 93.4 cm³/mol. The van der Waals surface area contributed by atoms with Crippen molar-refractivity contribution in [2.24, 2.45) is 0 Å². The number of hydrogen-bond acceptors (Lipinski definition) is 5. The second-order valence-electron chi connectivity index (χ2n) is 6.12. The van der Waals surface area contributed by atoms with Crippen LogP contribution in [0.4, 0.5) is 17.1 Å². The van der Waals surface area contributed by atoms with Gasteiger partial charge in [0.2, 0.25) is 0 Å². The van der Waals surface area contributed by atoms with Crippen molar-refractivity contribution in [2.75, 3.05) is 22.6 Å². The van der Waals surface area contributed by atoms with Gasteiger partial charge >= 0.3 is 5.97 Å². The van der Waals surface area contributed by atoms with Crippen LogP contribution < -0.4 is 16.0 Å². The fourth-order valence-electron chi connectivity index (χ4n) is 3.67. The molecule has 3 heterocycles. The van der Waals surface area contributed by atoms with Gasteiger partial charge in [-0.05, 0) is 24.3 Å². The number of amides is 1. The molecule has 25 heavy (non-hydrogen) atoms. The lowest BCUT2D eigenvalue weighted by molar-refractivity contribution is -0.137. The van der Waals surface area contributed by atoms with Gasteiger partial charge in [0.05, 0.1) is 22.6 Å². The van der Waals surface area contributed by atoms with Crippen molar-refractivity contribution >= 4 is 40.5 Å². The minimum atomic E-state index is -1.34. The minimum Gasteiger partial charge on any atom is -0.456 e. The van der Waals surface area contributed by atoms with Crippen molar-refractivity contribution in [2.45, 2.75) is 5.54 Å². The molecule has 124 valence electrons. The molecular weight excluding hydrogens is 342 g/mol. The number of esters is 1. The number of anilines is 3. The van der Waals surface area contributed by atoms with Gasteiger partial charge in [-0.2, -0.15) is 0 Å². The second-order valence-corrected chi connectivity index (χ2v) is 6.56. The fourth-order valence-corrected chi connectivity index (χ4v) is 3.84. The number of carbonyl (C=O) groups is 2. The van der Waals surface area contributed by atoms with Gasteiger partial charge in [0, 0.05) is 16.3 Å². The number of ether oxygens (including phenoxy) is 1. The number of nitrogens with one attached hydrogen (secondary N) is 3. The highest BCUT2D eigenvalue weighted by molar-refractivity contribution is 6.31. The summed E-state index contributed by atoms with van der Waals surface area (Å²) in [5.41, 5.74) is 2.23. The van der Waals surface area contributed by atoms with E-state index in [4.69, 9.17) is 16.3 Å². The van der Waals surface area contributed by atoms with Gasteiger partial charge in [-0.1, -0.05) is 29.8 Å². The summed E-state index contributed by atoms with van der Waals surface area (Å²) in [5.74, 6) is -0.828. The molecule has 3 aliphatic rings. The molecule has 0 fully saturated rings.